The van der Waals surface area contributed by atoms with E-state index in [4.69, 9.17) is 0 Å². The number of hydrogen-bond acceptors (Lipinski definition) is 4. The molecule has 4 nitrogen and oxygen atoms in total. The van der Waals surface area contributed by atoms with E-state index in [-0.39, 0.29) is 47.3 Å². The highest BCUT2D eigenvalue weighted by molar-refractivity contribution is 6.01. The minimum Gasteiger partial charge on any atom is -0.300 e. The van der Waals surface area contributed by atoms with Crippen LogP contribution in [0.4, 0.5) is 0 Å². The molecule has 0 fully saturated rings. The first-order valence-corrected chi connectivity index (χ1v) is 13.9. The van der Waals surface area contributed by atoms with E-state index in [1.807, 2.05) is 51.1 Å². The number of hydrogen-bond donors (Lipinski definition) is 0. The van der Waals surface area contributed by atoms with E-state index in [0.717, 1.165) is 65.5 Å². The normalized spacial score (nSPS) is 16.7. The highest BCUT2D eigenvalue weighted by Crippen LogP contribution is 2.38. The van der Waals surface area contributed by atoms with Crippen LogP contribution < -0.4 is 0 Å². The zero-order valence-corrected chi connectivity index (χ0v) is 23.2. The van der Waals surface area contributed by atoms with Gasteiger partial charge in [-0.05, 0) is 81.0 Å². The highest BCUT2D eigenvalue weighted by Gasteiger charge is 2.33. The fraction of sp³-hybridized carbons (Fsp3) is 0.515. The Morgan fingerprint density at radius 1 is 1.03 bits per heavy atom. The Kier molecular flexibility index (Phi) is 10.1. The molecular weight excluding hydrogens is 460 g/mol. The molecule has 2 aromatic rings. The van der Waals surface area contributed by atoms with Crippen LogP contribution in [0, 0.1) is 31.6 Å². The lowest BCUT2D eigenvalue weighted by Crippen LogP contribution is -2.30. The smallest absolute Gasteiger partial charge is 0.163 e. The predicted molar refractivity (Wildman–Crippen MR) is 148 cm³/mol. The van der Waals surface area contributed by atoms with Crippen LogP contribution in [0.15, 0.2) is 36.4 Å². The van der Waals surface area contributed by atoms with Crippen molar-refractivity contribution in [1.29, 1.82) is 0 Å². The second kappa shape index (κ2) is 13.1. The zero-order valence-electron chi connectivity index (χ0n) is 23.2. The molecule has 0 saturated carbocycles. The minimum atomic E-state index is -0.135. The molecule has 3 unspecified atom stereocenters. The lowest BCUT2D eigenvalue weighted by Gasteiger charge is -2.32. The van der Waals surface area contributed by atoms with Crippen LogP contribution in [-0.4, -0.2) is 23.1 Å². The van der Waals surface area contributed by atoms with Gasteiger partial charge in [0, 0.05) is 29.9 Å². The summed E-state index contributed by atoms with van der Waals surface area (Å²) in [6, 6.07) is 11.8. The van der Waals surface area contributed by atoms with Gasteiger partial charge in [-0.25, -0.2) is 0 Å². The molecular formula is C33H42O4. The molecule has 0 heterocycles. The second-order valence-electron chi connectivity index (χ2n) is 11.0. The lowest BCUT2D eigenvalue weighted by atomic mass is 9.71. The molecule has 1 aliphatic carbocycles. The summed E-state index contributed by atoms with van der Waals surface area (Å²) in [5, 5.41) is 0. The number of fused-ring (bicyclic) bond motifs is 1. The van der Waals surface area contributed by atoms with E-state index in [9.17, 15) is 19.2 Å². The average Bonchev–Trinajstić information content (AvgIpc) is 2.83. The fourth-order valence-corrected chi connectivity index (χ4v) is 6.25. The average molecular weight is 503 g/mol. The molecule has 2 aromatic carbocycles. The summed E-state index contributed by atoms with van der Waals surface area (Å²) in [7, 11) is 0. The van der Waals surface area contributed by atoms with E-state index >= 15 is 0 Å². The van der Waals surface area contributed by atoms with E-state index in [1.165, 1.54) is 6.92 Å². The third-order valence-electron chi connectivity index (χ3n) is 7.97. The summed E-state index contributed by atoms with van der Waals surface area (Å²) in [4.78, 5) is 50.7. The van der Waals surface area contributed by atoms with Gasteiger partial charge < -0.3 is 0 Å². The number of ketones is 4. The van der Waals surface area contributed by atoms with Gasteiger partial charge in [0.25, 0.3) is 0 Å². The Morgan fingerprint density at radius 3 is 2.43 bits per heavy atom. The standard InChI is InChI=1S/C33H42O4/c1-6-9-26(28(7-2)31(36)17-23(5)34)18-24-19-29-25(13-12-22(4)33(29)32(37)20-24)14-15-30(35)27-11-8-10-21(3)16-27/h8,10-13,16,24,26,28H,6-7,9,14-15,17-20H2,1-5H3. The summed E-state index contributed by atoms with van der Waals surface area (Å²) in [5.74, 6) is 0.469. The molecule has 1 aliphatic rings. The molecule has 3 atom stereocenters. The van der Waals surface area contributed by atoms with Gasteiger partial charge in [-0.3, -0.25) is 19.2 Å². The van der Waals surface area contributed by atoms with Crippen molar-refractivity contribution in [2.75, 3.05) is 0 Å². The maximum Gasteiger partial charge on any atom is 0.163 e. The molecule has 0 amide bonds. The topological polar surface area (TPSA) is 68.3 Å². The maximum absolute atomic E-state index is 13.3. The Hall–Kier alpha value is -2.88. The Morgan fingerprint density at radius 2 is 1.78 bits per heavy atom. The van der Waals surface area contributed by atoms with E-state index in [2.05, 4.69) is 13.0 Å². The number of carbonyl (C=O) groups excluding carboxylic acids is 4. The van der Waals surface area contributed by atoms with Gasteiger partial charge in [0.05, 0.1) is 6.42 Å². The molecule has 0 aliphatic heterocycles. The van der Waals surface area contributed by atoms with Crippen molar-refractivity contribution in [1.82, 2.24) is 0 Å². The van der Waals surface area contributed by atoms with Crippen LogP contribution in [0.25, 0.3) is 0 Å². The maximum atomic E-state index is 13.3. The molecule has 0 saturated heterocycles. The number of benzene rings is 2. The SMILES string of the molecule is CCCC(CC1CC(=O)c2c(C)ccc(CCC(=O)c3cccc(C)c3)c2C1)C(CC)C(=O)CC(C)=O. The molecule has 3 rings (SSSR count). The minimum absolute atomic E-state index is 0.00343. The molecule has 0 bridgehead atoms. The monoisotopic (exact) mass is 502 g/mol. The van der Waals surface area contributed by atoms with Gasteiger partial charge in [0.2, 0.25) is 0 Å². The van der Waals surface area contributed by atoms with Crippen LogP contribution in [0.3, 0.4) is 0 Å². The Labute approximate surface area is 222 Å². The van der Waals surface area contributed by atoms with Gasteiger partial charge in [-0.15, -0.1) is 0 Å². The summed E-state index contributed by atoms with van der Waals surface area (Å²) < 4.78 is 0. The van der Waals surface area contributed by atoms with Crippen molar-refractivity contribution >= 4 is 23.1 Å². The van der Waals surface area contributed by atoms with Crippen molar-refractivity contribution in [3.05, 3.63) is 69.8 Å². The summed E-state index contributed by atoms with van der Waals surface area (Å²) in [6.07, 6.45) is 5.75. The summed E-state index contributed by atoms with van der Waals surface area (Å²) in [5.41, 5.74) is 5.82. The number of aryl methyl sites for hydroxylation is 3. The van der Waals surface area contributed by atoms with Crippen molar-refractivity contribution in [2.45, 2.75) is 92.4 Å². The van der Waals surface area contributed by atoms with Gasteiger partial charge in [-0.2, -0.15) is 0 Å². The lowest BCUT2D eigenvalue weighted by molar-refractivity contribution is -0.129. The molecule has 4 heteroatoms. The number of Topliss-reactive ketones (excluding diaryl/α,β-unsaturated/α-hetero) is 4. The van der Waals surface area contributed by atoms with Crippen molar-refractivity contribution < 1.29 is 19.2 Å². The van der Waals surface area contributed by atoms with Crippen LogP contribution in [0.5, 0.6) is 0 Å². The predicted octanol–water partition coefficient (Wildman–Crippen LogP) is 7.24. The molecule has 37 heavy (non-hydrogen) atoms. The number of rotatable bonds is 13. The van der Waals surface area contributed by atoms with E-state index in [0.29, 0.717) is 19.3 Å². The quantitative estimate of drug-likeness (QED) is 0.214. The molecule has 0 spiro atoms. The van der Waals surface area contributed by atoms with Crippen LogP contribution in [0.2, 0.25) is 0 Å². The Balaban J connectivity index is 1.81. The first-order chi connectivity index (χ1) is 17.6. The molecule has 0 aromatic heterocycles. The van der Waals surface area contributed by atoms with Crippen molar-refractivity contribution in [3.63, 3.8) is 0 Å². The van der Waals surface area contributed by atoms with E-state index in [1.54, 1.807) is 0 Å². The van der Waals surface area contributed by atoms with E-state index < -0.39 is 0 Å². The van der Waals surface area contributed by atoms with Crippen molar-refractivity contribution in [3.8, 4) is 0 Å². The largest absolute Gasteiger partial charge is 0.300 e. The molecule has 0 radical (unpaired) electrons. The summed E-state index contributed by atoms with van der Waals surface area (Å²) >= 11 is 0. The molecule has 198 valence electrons. The van der Waals surface area contributed by atoms with Gasteiger partial charge in [-0.1, -0.05) is 62.6 Å². The van der Waals surface area contributed by atoms with Crippen LogP contribution >= 0.6 is 0 Å². The number of carbonyl (C=O) groups is 4. The highest BCUT2D eigenvalue weighted by atomic mass is 16.1. The Bertz CT molecular complexity index is 1160. The third kappa shape index (κ3) is 7.34. The first-order valence-electron chi connectivity index (χ1n) is 13.9. The molecule has 0 N–H and O–H groups in total. The van der Waals surface area contributed by atoms with Gasteiger partial charge >= 0.3 is 0 Å². The first kappa shape index (κ1) is 28.7. The fourth-order valence-electron chi connectivity index (χ4n) is 6.25. The van der Waals surface area contributed by atoms with Crippen LogP contribution in [0.1, 0.15) is 109 Å². The second-order valence-corrected chi connectivity index (χ2v) is 11.0. The van der Waals surface area contributed by atoms with Gasteiger partial charge in [0.1, 0.15) is 11.6 Å². The zero-order chi connectivity index (χ0) is 27.1. The third-order valence-corrected chi connectivity index (χ3v) is 7.97. The van der Waals surface area contributed by atoms with Crippen molar-refractivity contribution in [2.24, 2.45) is 17.8 Å². The van der Waals surface area contributed by atoms with Crippen LogP contribution in [-0.2, 0) is 22.4 Å². The van der Waals surface area contributed by atoms with Gasteiger partial charge in [0.15, 0.2) is 11.6 Å². The summed E-state index contributed by atoms with van der Waals surface area (Å²) in [6.45, 7) is 9.61.